The molecule has 0 saturated heterocycles. The predicted molar refractivity (Wildman–Crippen MR) is 84.0 cm³/mol. The Morgan fingerprint density at radius 3 is 2.36 bits per heavy atom. The molecule has 0 bridgehead atoms. The van der Waals surface area contributed by atoms with Crippen LogP contribution in [0, 0.1) is 18.3 Å². The summed E-state index contributed by atoms with van der Waals surface area (Å²) in [7, 11) is -4.37. The van der Waals surface area contributed by atoms with Crippen LogP contribution in [-0.2, 0) is 11.1 Å². The van der Waals surface area contributed by atoms with Gasteiger partial charge in [-0.1, -0.05) is 36.4 Å². The zero-order valence-corrected chi connectivity index (χ0v) is 13.0. The molecule has 0 unspecified atom stereocenters. The van der Waals surface area contributed by atoms with Gasteiger partial charge in [0.2, 0.25) is 0 Å². The highest BCUT2D eigenvalue weighted by Gasteiger charge is 2.30. The quantitative estimate of drug-likeness (QED) is 0.738. The van der Waals surface area contributed by atoms with Gasteiger partial charge in [0.25, 0.3) is 0 Å². The third kappa shape index (κ3) is 4.03. The lowest BCUT2D eigenvalue weighted by atomic mass is 10.1. The summed E-state index contributed by atoms with van der Waals surface area (Å²) in [5.74, 6) is -1.10. The van der Waals surface area contributed by atoms with Crippen LogP contribution in [0.4, 0.5) is 0 Å². The number of hydrogen-bond donors (Lipinski definition) is 3. The van der Waals surface area contributed by atoms with Gasteiger partial charge in [-0.15, -0.1) is 0 Å². The molecule has 0 heterocycles. The van der Waals surface area contributed by atoms with Gasteiger partial charge in [-0.25, -0.2) is 0 Å². The number of aryl methyl sites for hydroxylation is 1. The Hall–Kier alpha value is -1.96. The first-order valence-electron chi connectivity index (χ1n) is 6.75. The van der Waals surface area contributed by atoms with Crippen molar-refractivity contribution in [3.05, 3.63) is 70.8 Å². The van der Waals surface area contributed by atoms with Crippen LogP contribution in [0.1, 0.15) is 28.0 Å². The molecule has 2 aromatic rings. The second kappa shape index (κ2) is 6.87. The van der Waals surface area contributed by atoms with Gasteiger partial charge in [0.15, 0.2) is 0 Å². The van der Waals surface area contributed by atoms with Crippen molar-refractivity contribution in [3.8, 4) is 6.07 Å². The van der Waals surface area contributed by atoms with Gasteiger partial charge < -0.3 is 9.79 Å². The summed E-state index contributed by atoms with van der Waals surface area (Å²) in [5.41, 5.74) is 2.95. The Morgan fingerprint density at radius 1 is 1.18 bits per heavy atom. The minimum atomic E-state index is -4.37. The molecule has 22 heavy (non-hydrogen) atoms. The largest absolute Gasteiger partial charge is 0.346 e. The van der Waals surface area contributed by atoms with Crippen LogP contribution in [0.15, 0.2) is 48.5 Å². The van der Waals surface area contributed by atoms with Crippen LogP contribution in [0.5, 0.6) is 0 Å². The van der Waals surface area contributed by atoms with Gasteiger partial charge in [0, 0.05) is 6.54 Å². The number of benzene rings is 2. The molecule has 0 spiro atoms. The molecule has 2 rings (SSSR count). The molecule has 0 saturated carbocycles. The molecule has 0 fully saturated rings. The highest BCUT2D eigenvalue weighted by molar-refractivity contribution is 7.52. The lowest BCUT2D eigenvalue weighted by Crippen LogP contribution is -2.21. The second-order valence-corrected chi connectivity index (χ2v) is 6.73. The van der Waals surface area contributed by atoms with Gasteiger partial charge in [0.05, 0.1) is 11.6 Å². The first-order valence-corrected chi connectivity index (χ1v) is 8.43. The third-order valence-corrected chi connectivity index (χ3v) is 4.59. The molecule has 0 aliphatic rings. The summed E-state index contributed by atoms with van der Waals surface area (Å²) in [6.07, 6.45) is 0. The Bertz CT molecular complexity index is 732. The Labute approximate surface area is 129 Å². The van der Waals surface area contributed by atoms with Crippen molar-refractivity contribution < 1.29 is 14.4 Å². The standard InChI is InChI=1S/C16H17N2O3P/c1-12-4-2-3-5-15(12)11-18-16(22(19,20)21)14-8-6-13(10-17)7-9-14/h2-9,16,18H,11H2,1H3,(H2,19,20,21)/t16-/m1/s1. The van der Waals surface area contributed by atoms with Crippen molar-refractivity contribution in [1.29, 1.82) is 5.26 Å². The van der Waals surface area contributed by atoms with E-state index in [9.17, 15) is 14.4 Å². The maximum atomic E-state index is 11.8. The Balaban J connectivity index is 2.22. The maximum Gasteiger partial charge on any atom is 0.346 e. The molecular weight excluding hydrogens is 299 g/mol. The molecule has 3 N–H and O–H groups in total. The molecule has 0 aromatic heterocycles. The zero-order chi connectivity index (χ0) is 16.2. The van der Waals surface area contributed by atoms with Crippen molar-refractivity contribution in [2.75, 3.05) is 0 Å². The fraction of sp³-hybridized carbons (Fsp3) is 0.188. The van der Waals surface area contributed by atoms with E-state index in [1.807, 2.05) is 37.3 Å². The van der Waals surface area contributed by atoms with Gasteiger partial charge in [-0.05, 0) is 35.7 Å². The summed E-state index contributed by atoms with van der Waals surface area (Å²) < 4.78 is 11.8. The number of nitrogens with zero attached hydrogens (tertiary/aromatic N) is 1. The van der Waals surface area contributed by atoms with Crippen LogP contribution in [0.25, 0.3) is 0 Å². The summed E-state index contributed by atoms with van der Waals surface area (Å²) in [6.45, 7) is 2.30. The van der Waals surface area contributed by atoms with Crippen LogP contribution in [0.3, 0.4) is 0 Å². The SMILES string of the molecule is Cc1ccccc1CN[C@@H](c1ccc(C#N)cc1)P(=O)(O)O. The lowest BCUT2D eigenvalue weighted by Gasteiger charge is -2.21. The molecule has 1 atom stereocenters. The molecule has 0 radical (unpaired) electrons. The molecule has 6 heteroatoms. The van der Waals surface area contributed by atoms with E-state index >= 15 is 0 Å². The smallest absolute Gasteiger partial charge is 0.323 e. The molecule has 0 aliphatic heterocycles. The number of rotatable bonds is 5. The molecule has 5 nitrogen and oxygen atoms in total. The topological polar surface area (TPSA) is 93.4 Å². The highest BCUT2D eigenvalue weighted by atomic mass is 31.2. The minimum Gasteiger partial charge on any atom is -0.323 e. The van der Waals surface area contributed by atoms with E-state index in [0.29, 0.717) is 17.7 Å². The predicted octanol–water partition coefficient (Wildman–Crippen LogP) is 2.83. The van der Waals surface area contributed by atoms with Crippen molar-refractivity contribution in [1.82, 2.24) is 5.32 Å². The molecular formula is C16H17N2O3P. The fourth-order valence-corrected chi connectivity index (χ4v) is 3.08. The van der Waals surface area contributed by atoms with Gasteiger partial charge in [0.1, 0.15) is 5.78 Å². The van der Waals surface area contributed by atoms with Gasteiger partial charge in [-0.2, -0.15) is 5.26 Å². The van der Waals surface area contributed by atoms with Crippen LogP contribution in [-0.4, -0.2) is 9.79 Å². The highest BCUT2D eigenvalue weighted by Crippen LogP contribution is 2.50. The Kier molecular flexibility index (Phi) is 5.12. The van der Waals surface area contributed by atoms with E-state index in [-0.39, 0.29) is 0 Å². The van der Waals surface area contributed by atoms with E-state index in [1.54, 1.807) is 24.3 Å². The summed E-state index contributed by atoms with van der Waals surface area (Å²) in [5, 5.41) is 11.7. The first kappa shape index (κ1) is 16.4. The summed E-state index contributed by atoms with van der Waals surface area (Å²) in [4.78, 5) is 19.2. The van der Waals surface area contributed by atoms with Gasteiger partial charge in [-0.3, -0.25) is 9.88 Å². The fourth-order valence-electron chi connectivity index (χ4n) is 2.19. The van der Waals surface area contributed by atoms with Crippen molar-refractivity contribution in [3.63, 3.8) is 0 Å². The van der Waals surface area contributed by atoms with Crippen LogP contribution >= 0.6 is 7.60 Å². The van der Waals surface area contributed by atoms with Crippen molar-refractivity contribution in [2.24, 2.45) is 0 Å². The number of nitriles is 1. The van der Waals surface area contributed by atoms with E-state index < -0.39 is 13.4 Å². The van der Waals surface area contributed by atoms with E-state index in [2.05, 4.69) is 5.32 Å². The van der Waals surface area contributed by atoms with Crippen LogP contribution in [0.2, 0.25) is 0 Å². The zero-order valence-electron chi connectivity index (χ0n) is 12.1. The van der Waals surface area contributed by atoms with Gasteiger partial charge >= 0.3 is 7.60 Å². The van der Waals surface area contributed by atoms with E-state index in [1.165, 1.54) is 0 Å². The average molecular weight is 316 g/mol. The lowest BCUT2D eigenvalue weighted by molar-refractivity contribution is 0.347. The molecule has 114 valence electrons. The monoisotopic (exact) mass is 316 g/mol. The molecule has 0 aliphatic carbocycles. The molecule has 2 aromatic carbocycles. The van der Waals surface area contributed by atoms with E-state index in [4.69, 9.17) is 5.26 Å². The van der Waals surface area contributed by atoms with E-state index in [0.717, 1.165) is 11.1 Å². The molecule has 0 amide bonds. The number of nitrogens with one attached hydrogen (secondary N) is 1. The minimum absolute atomic E-state index is 0.350. The van der Waals surface area contributed by atoms with Crippen molar-refractivity contribution in [2.45, 2.75) is 19.3 Å². The normalized spacial score (nSPS) is 12.6. The third-order valence-electron chi connectivity index (χ3n) is 3.44. The summed E-state index contributed by atoms with van der Waals surface area (Å²) in [6, 6.07) is 15.9. The van der Waals surface area contributed by atoms with Crippen molar-refractivity contribution >= 4 is 7.60 Å². The number of hydrogen-bond acceptors (Lipinski definition) is 3. The summed E-state index contributed by atoms with van der Waals surface area (Å²) >= 11 is 0. The second-order valence-electron chi connectivity index (χ2n) is 5.03. The first-order chi connectivity index (χ1) is 10.4. The Morgan fingerprint density at radius 2 is 1.82 bits per heavy atom. The average Bonchev–Trinajstić information content (AvgIpc) is 2.48. The maximum absolute atomic E-state index is 11.8. The van der Waals surface area contributed by atoms with Crippen LogP contribution < -0.4 is 5.32 Å².